The maximum absolute atomic E-state index is 11.7. The average Bonchev–Trinajstić information content (AvgIpc) is 2.56. The second-order valence-corrected chi connectivity index (χ2v) is 9.10. The Labute approximate surface area is 137 Å². The highest BCUT2D eigenvalue weighted by Crippen LogP contribution is 2.55. The summed E-state index contributed by atoms with van der Waals surface area (Å²) < 4.78 is 0.175. The molecule has 2 aliphatic rings. The van der Waals surface area contributed by atoms with Crippen molar-refractivity contribution in [2.45, 2.75) is 26.4 Å². The first kappa shape index (κ1) is 14.1. The number of benzene rings is 2. The van der Waals surface area contributed by atoms with E-state index in [0.29, 0.717) is 0 Å². The molecule has 1 fully saturated rings. The van der Waals surface area contributed by atoms with Gasteiger partial charge in [0.1, 0.15) is 5.60 Å². The van der Waals surface area contributed by atoms with Crippen LogP contribution in [0.3, 0.4) is 0 Å². The van der Waals surface area contributed by atoms with Gasteiger partial charge in [-0.15, -0.1) is 23.5 Å². The van der Waals surface area contributed by atoms with Crippen molar-refractivity contribution in [1.29, 1.82) is 0 Å². The van der Waals surface area contributed by atoms with Gasteiger partial charge in [0, 0.05) is 20.9 Å². The smallest absolute Gasteiger partial charge is 0.138 e. The van der Waals surface area contributed by atoms with Gasteiger partial charge in [-0.2, -0.15) is 0 Å². The lowest BCUT2D eigenvalue weighted by molar-refractivity contribution is 0.0920. The summed E-state index contributed by atoms with van der Waals surface area (Å²) >= 11 is 5.57. The quantitative estimate of drug-likeness (QED) is 0.824. The summed E-state index contributed by atoms with van der Waals surface area (Å²) in [6, 6.07) is 16.6. The molecule has 0 atom stereocenters. The highest BCUT2D eigenvalue weighted by molar-refractivity contribution is 8.17. The van der Waals surface area contributed by atoms with Crippen molar-refractivity contribution in [3.8, 4) is 0 Å². The third kappa shape index (κ3) is 2.24. The zero-order valence-electron chi connectivity index (χ0n) is 11.5. The Bertz CT molecular complexity index is 619. The Morgan fingerprint density at radius 2 is 1.38 bits per heavy atom. The second-order valence-electron chi connectivity index (χ2n) is 5.29. The first-order valence-electron chi connectivity index (χ1n) is 7.12. The fourth-order valence-corrected chi connectivity index (χ4v) is 7.37. The maximum Gasteiger partial charge on any atom is 0.138 e. The van der Waals surface area contributed by atoms with E-state index in [2.05, 4.69) is 36.4 Å². The molecule has 0 spiro atoms. The molecular formula is C17H16OS3. The monoisotopic (exact) mass is 332 g/mol. The molecule has 0 unspecified atom stereocenters. The average molecular weight is 333 g/mol. The van der Waals surface area contributed by atoms with Crippen molar-refractivity contribution in [3.63, 3.8) is 0 Å². The molecule has 1 N–H and O–H groups in total. The van der Waals surface area contributed by atoms with Crippen LogP contribution in [-0.4, -0.2) is 21.2 Å². The van der Waals surface area contributed by atoms with Crippen molar-refractivity contribution in [3.05, 3.63) is 59.7 Å². The number of hydrogen-bond acceptors (Lipinski definition) is 4. The molecular weight excluding hydrogens is 316 g/mol. The largest absolute Gasteiger partial charge is 0.378 e. The van der Waals surface area contributed by atoms with E-state index < -0.39 is 5.60 Å². The lowest BCUT2D eigenvalue weighted by Gasteiger charge is -2.42. The predicted molar refractivity (Wildman–Crippen MR) is 93.3 cm³/mol. The van der Waals surface area contributed by atoms with E-state index in [4.69, 9.17) is 0 Å². The predicted octanol–water partition coefficient (Wildman–Crippen LogP) is 4.58. The molecule has 0 radical (unpaired) electrons. The minimum absolute atomic E-state index is 0.175. The molecule has 4 rings (SSSR count). The number of thioether (sulfide) groups is 2. The topological polar surface area (TPSA) is 20.2 Å². The molecule has 0 aliphatic carbocycles. The molecule has 108 valence electrons. The molecule has 2 aromatic rings. The second kappa shape index (κ2) is 5.58. The van der Waals surface area contributed by atoms with Crippen LogP contribution in [0.5, 0.6) is 0 Å². The lowest BCUT2D eigenvalue weighted by atomic mass is 9.87. The molecule has 0 saturated carbocycles. The molecule has 0 bridgehead atoms. The van der Waals surface area contributed by atoms with Crippen LogP contribution in [0.25, 0.3) is 0 Å². The van der Waals surface area contributed by atoms with Crippen LogP contribution < -0.4 is 0 Å². The fraction of sp³-hybridized carbons (Fsp3) is 0.294. The summed E-state index contributed by atoms with van der Waals surface area (Å²) in [5.74, 6) is 2.27. The summed E-state index contributed by atoms with van der Waals surface area (Å²) in [4.78, 5) is 2.37. The molecule has 2 heterocycles. The van der Waals surface area contributed by atoms with E-state index in [1.165, 1.54) is 16.2 Å². The Kier molecular flexibility index (Phi) is 3.74. The van der Waals surface area contributed by atoms with Crippen molar-refractivity contribution in [2.75, 3.05) is 11.5 Å². The van der Waals surface area contributed by atoms with Gasteiger partial charge in [0.15, 0.2) is 0 Å². The van der Waals surface area contributed by atoms with Gasteiger partial charge in [0.05, 0.1) is 4.58 Å². The summed E-state index contributed by atoms with van der Waals surface area (Å²) in [7, 11) is 0. The number of rotatable bonds is 1. The summed E-state index contributed by atoms with van der Waals surface area (Å²) in [5.41, 5.74) is 1.26. The minimum atomic E-state index is -0.881. The van der Waals surface area contributed by atoms with Crippen molar-refractivity contribution < 1.29 is 5.11 Å². The van der Waals surface area contributed by atoms with Gasteiger partial charge >= 0.3 is 0 Å². The molecule has 2 aromatic carbocycles. The third-order valence-electron chi connectivity index (χ3n) is 3.98. The minimum Gasteiger partial charge on any atom is -0.378 e. The van der Waals surface area contributed by atoms with Crippen LogP contribution in [0, 0.1) is 0 Å². The highest BCUT2D eigenvalue weighted by atomic mass is 32.2. The Morgan fingerprint density at radius 1 is 0.857 bits per heavy atom. The lowest BCUT2D eigenvalue weighted by Crippen LogP contribution is -2.40. The van der Waals surface area contributed by atoms with Gasteiger partial charge in [-0.1, -0.05) is 48.2 Å². The Balaban J connectivity index is 1.92. The number of aliphatic hydroxyl groups is 1. The zero-order valence-corrected chi connectivity index (χ0v) is 13.9. The van der Waals surface area contributed by atoms with Crippen LogP contribution in [0.4, 0.5) is 0 Å². The highest BCUT2D eigenvalue weighted by Gasteiger charge is 2.46. The van der Waals surface area contributed by atoms with E-state index in [0.717, 1.165) is 22.6 Å². The van der Waals surface area contributed by atoms with Crippen molar-refractivity contribution >= 4 is 35.3 Å². The Hall–Kier alpha value is -0.550. The van der Waals surface area contributed by atoms with Crippen molar-refractivity contribution in [1.82, 2.24) is 0 Å². The van der Waals surface area contributed by atoms with Gasteiger partial charge in [0.25, 0.3) is 0 Å². The summed E-state index contributed by atoms with van der Waals surface area (Å²) in [6.07, 6.45) is 1.24. The molecule has 1 saturated heterocycles. The first-order chi connectivity index (χ1) is 10.3. The van der Waals surface area contributed by atoms with Crippen LogP contribution in [0.1, 0.15) is 17.5 Å². The molecule has 1 nitrogen and oxygen atoms in total. The summed E-state index contributed by atoms with van der Waals surface area (Å²) in [5, 5.41) is 11.7. The van der Waals surface area contributed by atoms with E-state index >= 15 is 0 Å². The molecule has 0 aromatic heterocycles. The van der Waals surface area contributed by atoms with Crippen LogP contribution in [0.15, 0.2) is 58.3 Å². The molecule has 21 heavy (non-hydrogen) atoms. The SMILES string of the molecule is OC1(C2SCCCS2)c2ccccc2Sc2ccccc21. The van der Waals surface area contributed by atoms with E-state index in [1.54, 1.807) is 11.8 Å². The zero-order chi connectivity index (χ0) is 14.3. The van der Waals surface area contributed by atoms with E-state index in [1.807, 2.05) is 35.7 Å². The van der Waals surface area contributed by atoms with Gasteiger partial charge in [-0.3, -0.25) is 0 Å². The maximum atomic E-state index is 11.7. The first-order valence-corrected chi connectivity index (χ1v) is 10.0. The normalized spacial score (nSPS) is 20.6. The number of hydrogen-bond donors (Lipinski definition) is 1. The van der Waals surface area contributed by atoms with Gasteiger partial charge < -0.3 is 5.11 Å². The van der Waals surface area contributed by atoms with E-state index in [-0.39, 0.29) is 4.58 Å². The van der Waals surface area contributed by atoms with Crippen LogP contribution in [-0.2, 0) is 5.60 Å². The number of fused-ring (bicyclic) bond motifs is 2. The van der Waals surface area contributed by atoms with Crippen LogP contribution >= 0.6 is 35.3 Å². The van der Waals surface area contributed by atoms with Crippen molar-refractivity contribution in [2.24, 2.45) is 0 Å². The van der Waals surface area contributed by atoms with Crippen LogP contribution in [0.2, 0.25) is 0 Å². The fourth-order valence-electron chi connectivity index (χ4n) is 2.99. The molecule has 0 amide bonds. The molecule has 4 heteroatoms. The summed E-state index contributed by atoms with van der Waals surface area (Å²) in [6.45, 7) is 0. The van der Waals surface area contributed by atoms with Gasteiger partial charge in [-0.05, 0) is 30.1 Å². The van der Waals surface area contributed by atoms with E-state index in [9.17, 15) is 5.11 Å². The standard InChI is InChI=1S/C17H16OS3/c18-17(16-19-10-5-11-20-16)12-6-1-3-8-14(12)21-15-9-4-2-7-13(15)17/h1-4,6-9,16,18H,5,10-11H2. The Morgan fingerprint density at radius 3 is 1.95 bits per heavy atom. The third-order valence-corrected chi connectivity index (χ3v) is 8.29. The molecule has 2 aliphatic heterocycles. The van der Waals surface area contributed by atoms with Gasteiger partial charge in [0.2, 0.25) is 0 Å². The van der Waals surface area contributed by atoms with Gasteiger partial charge in [-0.25, -0.2) is 0 Å².